The molecule has 0 spiro atoms. The van der Waals surface area contributed by atoms with Gasteiger partial charge in [-0.3, -0.25) is 14.9 Å². The van der Waals surface area contributed by atoms with Gasteiger partial charge in [0.1, 0.15) is 28.2 Å². The second-order valence-corrected chi connectivity index (χ2v) is 10.4. The molecule has 1 aromatic heterocycles. The Bertz CT molecular complexity index is 1770. The summed E-state index contributed by atoms with van der Waals surface area (Å²) in [5.41, 5.74) is 3.26. The van der Waals surface area contributed by atoms with E-state index in [1.807, 2.05) is 19.9 Å². The lowest BCUT2D eigenvalue weighted by atomic mass is 9.79. The van der Waals surface area contributed by atoms with Crippen molar-refractivity contribution in [2.45, 2.75) is 47.0 Å². The molecule has 0 atom stereocenters. The number of fused-ring (bicyclic) bond motifs is 1. The molecule has 45 heavy (non-hydrogen) atoms. The Morgan fingerprint density at radius 3 is 2.11 bits per heavy atom. The first kappa shape index (κ1) is 34.1. The molecule has 1 aliphatic rings. The molecule has 0 radical (unpaired) electrons. The number of dihydropyridines is 1. The molecule has 0 aliphatic carbocycles. The van der Waals surface area contributed by atoms with Gasteiger partial charge in [0, 0.05) is 40.7 Å². The number of methoxy groups -OCH3 is 3. The number of aromatic hydroxyl groups is 1. The third kappa shape index (κ3) is 7.23. The van der Waals surface area contributed by atoms with Crippen LogP contribution in [0.5, 0.6) is 11.5 Å². The molecule has 0 amide bonds. The monoisotopic (exact) mass is 620 g/mol. The van der Waals surface area contributed by atoms with Gasteiger partial charge in [0.25, 0.3) is 5.69 Å². The second kappa shape index (κ2) is 14.4. The molecule has 2 aromatic carbocycles. The van der Waals surface area contributed by atoms with Crippen LogP contribution in [0.15, 0.2) is 79.8 Å². The average Bonchev–Trinajstić information content (AvgIpc) is 2.99. The van der Waals surface area contributed by atoms with Crippen LogP contribution in [-0.2, 0) is 25.5 Å². The molecule has 0 bridgehead atoms. The number of hydrogen-bond donors (Lipinski definition) is 2. The van der Waals surface area contributed by atoms with Gasteiger partial charge in [0.15, 0.2) is 5.43 Å². The first-order chi connectivity index (χ1) is 21.3. The summed E-state index contributed by atoms with van der Waals surface area (Å²) >= 11 is 0. The number of aryl methyl sites for hydroxylation is 1. The van der Waals surface area contributed by atoms with Gasteiger partial charge < -0.3 is 29.1 Å². The van der Waals surface area contributed by atoms with Gasteiger partial charge in [-0.05, 0) is 41.0 Å². The molecule has 2 heterocycles. The van der Waals surface area contributed by atoms with Gasteiger partial charge in [0.05, 0.1) is 43.3 Å². The first-order valence-electron chi connectivity index (χ1n) is 13.8. The van der Waals surface area contributed by atoms with Gasteiger partial charge in [-0.15, -0.1) is 0 Å². The predicted molar refractivity (Wildman–Crippen MR) is 167 cm³/mol. The van der Waals surface area contributed by atoms with Gasteiger partial charge in [-0.2, -0.15) is 0 Å². The topological polar surface area (TPSA) is 167 Å². The molecular weight excluding hydrogens is 584 g/mol. The maximum Gasteiger partial charge on any atom is 0.336 e. The van der Waals surface area contributed by atoms with E-state index in [-0.39, 0.29) is 39.0 Å². The van der Waals surface area contributed by atoms with E-state index in [9.17, 15) is 29.6 Å². The van der Waals surface area contributed by atoms with Crippen molar-refractivity contribution in [2.75, 3.05) is 21.3 Å². The van der Waals surface area contributed by atoms with Crippen LogP contribution >= 0.6 is 0 Å². The molecule has 12 heteroatoms. The second-order valence-electron chi connectivity index (χ2n) is 10.4. The molecule has 1 aliphatic heterocycles. The van der Waals surface area contributed by atoms with E-state index >= 15 is 0 Å². The first-order valence-corrected chi connectivity index (χ1v) is 13.8. The summed E-state index contributed by atoms with van der Waals surface area (Å²) in [5.74, 6) is -1.42. The largest absolute Gasteiger partial charge is 0.507 e. The highest BCUT2D eigenvalue weighted by Gasteiger charge is 2.40. The smallest absolute Gasteiger partial charge is 0.336 e. The Morgan fingerprint density at radius 1 is 1.02 bits per heavy atom. The van der Waals surface area contributed by atoms with Gasteiger partial charge in [0.2, 0.25) is 0 Å². The fourth-order valence-electron chi connectivity index (χ4n) is 5.11. The maximum absolute atomic E-state index is 12.3. The minimum Gasteiger partial charge on any atom is -0.507 e. The molecule has 12 nitrogen and oxygen atoms in total. The lowest BCUT2D eigenvalue weighted by molar-refractivity contribution is -0.385. The van der Waals surface area contributed by atoms with E-state index in [0.29, 0.717) is 34.9 Å². The summed E-state index contributed by atoms with van der Waals surface area (Å²) in [7, 11) is 3.95. The fourth-order valence-corrected chi connectivity index (χ4v) is 5.11. The summed E-state index contributed by atoms with van der Waals surface area (Å²) in [6.45, 7) is 8.99. The van der Waals surface area contributed by atoms with Crippen LogP contribution in [-0.4, -0.2) is 43.3 Å². The van der Waals surface area contributed by atoms with Crippen LogP contribution < -0.4 is 15.5 Å². The number of phenolic OH excluding ortho intramolecular Hbond substituents is 1. The van der Waals surface area contributed by atoms with Crippen molar-refractivity contribution in [3.05, 3.63) is 108 Å². The van der Waals surface area contributed by atoms with Crippen LogP contribution in [0.2, 0.25) is 0 Å². The lowest BCUT2D eigenvalue weighted by Gasteiger charge is -2.29. The Morgan fingerprint density at radius 2 is 1.60 bits per heavy atom. The fraction of sp³-hybridized carbons (Fsp3) is 0.303. The normalized spacial score (nSPS) is 13.0. The number of hydrogen-bond acceptors (Lipinski definition) is 11. The maximum atomic E-state index is 12.3. The number of ether oxygens (including phenoxy) is 3. The van der Waals surface area contributed by atoms with Crippen LogP contribution in [0.25, 0.3) is 11.0 Å². The Kier molecular flexibility index (Phi) is 10.9. The van der Waals surface area contributed by atoms with E-state index < -0.39 is 22.8 Å². The molecule has 0 fully saturated rings. The zero-order valence-corrected chi connectivity index (χ0v) is 26.4. The number of nitro benzene ring substituents is 1. The molecule has 0 saturated carbocycles. The number of para-hydroxylation sites is 1. The number of benzene rings is 2. The molecule has 0 saturated heterocycles. The third-order valence-corrected chi connectivity index (χ3v) is 7.12. The predicted octanol–water partition coefficient (Wildman–Crippen LogP) is 5.50. The minimum atomic E-state index is -0.970. The van der Waals surface area contributed by atoms with Gasteiger partial charge in [-0.1, -0.05) is 29.8 Å². The van der Waals surface area contributed by atoms with Crippen LogP contribution in [0.3, 0.4) is 0 Å². The van der Waals surface area contributed by atoms with E-state index in [4.69, 9.17) is 18.6 Å². The Hall–Kier alpha value is -5.39. The van der Waals surface area contributed by atoms with Crippen molar-refractivity contribution >= 4 is 28.6 Å². The number of rotatable bonds is 7. The highest BCUT2D eigenvalue weighted by molar-refractivity contribution is 6.00. The summed E-state index contributed by atoms with van der Waals surface area (Å²) in [6, 6.07) is 8.80. The number of nitro groups is 1. The lowest BCUT2D eigenvalue weighted by Crippen LogP contribution is -2.32. The van der Waals surface area contributed by atoms with Crippen LogP contribution in [0, 0.1) is 17.0 Å². The van der Waals surface area contributed by atoms with Crippen molar-refractivity contribution in [1.82, 2.24) is 5.32 Å². The van der Waals surface area contributed by atoms with E-state index in [1.54, 1.807) is 26.8 Å². The number of nitrogens with zero attached hydrogens (tertiary/aromatic N) is 1. The Labute approximate surface area is 259 Å². The molecule has 238 valence electrons. The third-order valence-electron chi connectivity index (χ3n) is 7.12. The minimum absolute atomic E-state index is 0.119. The van der Waals surface area contributed by atoms with Crippen molar-refractivity contribution < 1.29 is 38.2 Å². The number of phenols is 1. The number of carbonyl (C=O) groups is 2. The van der Waals surface area contributed by atoms with E-state index in [2.05, 4.69) is 5.32 Å². The highest BCUT2D eigenvalue weighted by Crippen LogP contribution is 2.42. The van der Waals surface area contributed by atoms with E-state index in [1.165, 1.54) is 51.7 Å². The average molecular weight is 621 g/mol. The van der Waals surface area contributed by atoms with Gasteiger partial charge in [-0.25, -0.2) is 9.59 Å². The summed E-state index contributed by atoms with van der Waals surface area (Å²) < 4.78 is 20.6. The van der Waals surface area contributed by atoms with Crippen molar-refractivity contribution in [3.8, 4) is 11.5 Å². The zero-order chi connectivity index (χ0) is 33.6. The SMILES string of the molecule is COC(=O)C1=C(C)NC(C)=C(C(=O)OC)C1c1ccccc1[N+](=O)[O-].COc1cc(O)c2c(=O)cc(C)oc2c1CC=C(C)C. The number of carbonyl (C=O) groups excluding carboxylic acids is 2. The summed E-state index contributed by atoms with van der Waals surface area (Å²) in [4.78, 5) is 47.6. The number of nitrogens with one attached hydrogen (secondary N) is 1. The number of esters is 2. The van der Waals surface area contributed by atoms with Crippen molar-refractivity contribution in [3.63, 3.8) is 0 Å². The highest BCUT2D eigenvalue weighted by atomic mass is 16.6. The van der Waals surface area contributed by atoms with Gasteiger partial charge >= 0.3 is 11.9 Å². The van der Waals surface area contributed by atoms with Crippen molar-refractivity contribution in [1.29, 1.82) is 0 Å². The summed E-state index contributed by atoms with van der Waals surface area (Å²) in [6.07, 6.45) is 2.60. The standard InChI is InChI=1S/C17H18N2O6.C16H18O4/c1-9-13(16(20)24-3)15(14(10(2)18-9)17(21)25-4)11-7-5-6-8-12(11)19(22)23;1-9(2)5-6-11-14(19-4)8-13(18)15-12(17)7-10(3)20-16(11)15/h5-8,15,18H,1-4H3;5,7-8,18H,6H2,1-4H3. The zero-order valence-electron chi connectivity index (χ0n) is 26.4. The quantitative estimate of drug-likeness (QED) is 0.148. The molecule has 4 rings (SSSR count). The number of allylic oxidation sites excluding steroid dienone is 4. The van der Waals surface area contributed by atoms with Crippen LogP contribution in [0.4, 0.5) is 5.69 Å². The van der Waals surface area contributed by atoms with E-state index in [0.717, 1.165) is 11.1 Å². The Balaban J connectivity index is 0.000000251. The molecular formula is C33H36N2O10. The summed E-state index contributed by atoms with van der Waals surface area (Å²) in [5, 5.41) is 24.6. The van der Waals surface area contributed by atoms with Crippen molar-refractivity contribution in [2.24, 2.45) is 0 Å². The molecule has 2 N–H and O–H groups in total. The molecule has 3 aromatic rings. The molecule has 0 unspecified atom stereocenters. The van der Waals surface area contributed by atoms with Crippen LogP contribution in [0.1, 0.15) is 50.5 Å².